The van der Waals surface area contributed by atoms with Crippen molar-refractivity contribution in [3.05, 3.63) is 41.7 Å². The zero-order valence-electron chi connectivity index (χ0n) is 13.8. The third-order valence-electron chi connectivity index (χ3n) is 3.86. The molecule has 2 aromatic heterocycles. The molecule has 0 fully saturated rings. The molecule has 0 atom stereocenters. The molecule has 3 N–H and O–H groups in total. The lowest BCUT2D eigenvalue weighted by Crippen LogP contribution is -2.11. The minimum atomic E-state index is -0.340. The molecule has 2 heterocycles. The molecular formula is C18H20N4O2. The lowest BCUT2D eigenvalue weighted by molar-refractivity contribution is -0.117. The van der Waals surface area contributed by atoms with E-state index in [4.69, 9.17) is 10.5 Å². The minimum Gasteiger partial charge on any atom is -0.493 e. The largest absolute Gasteiger partial charge is 0.493 e. The van der Waals surface area contributed by atoms with E-state index in [0.717, 1.165) is 33.7 Å². The molecule has 0 saturated carbocycles. The fourth-order valence-electron chi connectivity index (χ4n) is 2.80. The maximum absolute atomic E-state index is 11.2. The standard InChI is InChI=1S/C18H20N4O2/c1-3-24-14-10-11(2)4-5-12(14)16-13(6-7-15(19)23)17-18(22-16)21-9-8-20-17/h4-5,8-10H,3,6-7H2,1-2H3,(H2,19,23)(H,21,22). The number of carbonyl (C=O) groups excluding carboxylic acids is 1. The van der Waals surface area contributed by atoms with Crippen molar-refractivity contribution < 1.29 is 9.53 Å². The van der Waals surface area contributed by atoms with E-state index in [0.29, 0.717) is 18.7 Å². The van der Waals surface area contributed by atoms with Crippen LogP contribution >= 0.6 is 0 Å². The molecule has 0 saturated heterocycles. The van der Waals surface area contributed by atoms with Gasteiger partial charge < -0.3 is 15.5 Å². The second-order valence-electron chi connectivity index (χ2n) is 5.63. The zero-order chi connectivity index (χ0) is 17.1. The summed E-state index contributed by atoms with van der Waals surface area (Å²) >= 11 is 0. The Morgan fingerprint density at radius 2 is 2.08 bits per heavy atom. The van der Waals surface area contributed by atoms with Crippen LogP contribution in [-0.4, -0.2) is 27.5 Å². The highest BCUT2D eigenvalue weighted by Gasteiger charge is 2.18. The summed E-state index contributed by atoms with van der Waals surface area (Å²) in [5.74, 6) is 0.456. The van der Waals surface area contributed by atoms with Gasteiger partial charge in [-0.3, -0.25) is 9.78 Å². The van der Waals surface area contributed by atoms with Gasteiger partial charge in [0.2, 0.25) is 5.91 Å². The number of aromatic amines is 1. The van der Waals surface area contributed by atoms with Gasteiger partial charge in [-0.1, -0.05) is 6.07 Å². The Kier molecular flexibility index (Phi) is 4.46. The summed E-state index contributed by atoms with van der Waals surface area (Å²) < 4.78 is 5.80. The SMILES string of the molecule is CCOc1cc(C)ccc1-c1[nH]c2nccnc2c1CCC(N)=O. The second kappa shape index (κ2) is 6.70. The molecule has 0 aliphatic heterocycles. The lowest BCUT2D eigenvalue weighted by Gasteiger charge is -2.12. The number of fused-ring (bicyclic) bond motifs is 1. The van der Waals surface area contributed by atoms with Gasteiger partial charge >= 0.3 is 0 Å². The summed E-state index contributed by atoms with van der Waals surface area (Å²) in [6, 6.07) is 6.05. The number of benzene rings is 1. The first-order chi connectivity index (χ1) is 11.6. The number of nitrogens with one attached hydrogen (secondary N) is 1. The van der Waals surface area contributed by atoms with Crippen molar-refractivity contribution in [1.29, 1.82) is 0 Å². The Morgan fingerprint density at radius 3 is 2.83 bits per heavy atom. The number of primary amides is 1. The van der Waals surface area contributed by atoms with Crippen molar-refractivity contribution in [1.82, 2.24) is 15.0 Å². The summed E-state index contributed by atoms with van der Waals surface area (Å²) in [5, 5.41) is 0. The topological polar surface area (TPSA) is 93.9 Å². The molecule has 0 spiro atoms. The van der Waals surface area contributed by atoms with Gasteiger partial charge in [0.05, 0.1) is 12.3 Å². The van der Waals surface area contributed by atoms with Gasteiger partial charge in [-0.15, -0.1) is 0 Å². The van der Waals surface area contributed by atoms with Crippen molar-refractivity contribution in [2.45, 2.75) is 26.7 Å². The molecule has 3 rings (SSSR count). The monoisotopic (exact) mass is 324 g/mol. The lowest BCUT2D eigenvalue weighted by atomic mass is 10.0. The molecule has 0 aliphatic carbocycles. The van der Waals surface area contributed by atoms with E-state index >= 15 is 0 Å². The van der Waals surface area contributed by atoms with Crippen molar-refractivity contribution in [2.24, 2.45) is 5.73 Å². The molecule has 0 unspecified atom stereocenters. The number of aryl methyl sites for hydroxylation is 2. The van der Waals surface area contributed by atoms with Crippen molar-refractivity contribution in [3.63, 3.8) is 0 Å². The maximum Gasteiger partial charge on any atom is 0.217 e. The molecule has 124 valence electrons. The molecule has 0 aliphatic rings. The number of ether oxygens (including phenoxy) is 1. The minimum absolute atomic E-state index is 0.256. The molecule has 3 aromatic rings. The van der Waals surface area contributed by atoms with Crippen LogP contribution in [-0.2, 0) is 11.2 Å². The Balaban J connectivity index is 2.18. The quantitative estimate of drug-likeness (QED) is 0.729. The van der Waals surface area contributed by atoms with Gasteiger partial charge in [0.25, 0.3) is 0 Å². The van der Waals surface area contributed by atoms with Crippen LogP contribution in [0, 0.1) is 6.92 Å². The Labute approximate surface area is 140 Å². The zero-order valence-corrected chi connectivity index (χ0v) is 13.8. The summed E-state index contributed by atoms with van der Waals surface area (Å²) in [6.07, 6.45) is 4.04. The summed E-state index contributed by atoms with van der Waals surface area (Å²) in [6.45, 7) is 4.55. The summed E-state index contributed by atoms with van der Waals surface area (Å²) in [7, 11) is 0. The molecule has 6 nitrogen and oxygen atoms in total. The van der Waals surface area contributed by atoms with Gasteiger partial charge in [0, 0.05) is 29.9 Å². The van der Waals surface area contributed by atoms with Gasteiger partial charge in [-0.05, 0) is 38.0 Å². The highest BCUT2D eigenvalue weighted by atomic mass is 16.5. The summed E-state index contributed by atoms with van der Waals surface area (Å²) in [4.78, 5) is 23.3. The molecule has 1 aromatic carbocycles. The second-order valence-corrected chi connectivity index (χ2v) is 5.63. The number of aromatic nitrogens is 3. The van der Waals surface area contributed by atoms with Gasteiger partial charge in [-0.2, -0.15) is 0 Å². The Bertz CT molecular complexity index is 886. The average Bonchev–Trinajstić information content (AvgIpc) is 2.92. The molecule has 0 radical (unpaired) electrons. The van der Waals surface area contributed by atoms with Crippen LogP contribution in [0.5, 0.6) is 5.75 Å². The van der Waals surface area contributed by atoms with Gasteiger partial charge in [0.1, 0.15) is 11.3 Å². The average molecular weight is 324 g/mol. The van der Waals surface area contributed by atoms with Gasteiger partial charge in [-0.25, -0.2) is 4.98 Å². The van der Waals surface area contributed by atoms with E-state index < -0.39 is 0 Å². The van der Waals surface area contributed by atoms with E-state index in [2.05, 4.69) is 15.0 Å². The van der Waals surface area contributed by atoms with Crippen LogP contribution in [0.1, 0.15) is 24.5 Å². The van der Waals surface area contributed by atoms with E-state index in [1.54, 1.807) is 12.4 Å². The molecule has 1 amide bonds. The number of H-pyrrole nitrogens is 1. The fraction of sp³-hybridized carbons (Fsp3) is 0.278. The third kappa shape index (κ3) is 3.08. The molecule has 6 heteroatoms. The first-order valence-electron chi connectivity index (χ1n) is 7.93. The molecular weight excluding hydrogens is 304 g/mol. The first kappa shape index (κ1) is 16.0. The number of hydrogen-bond donors (Lipinski definition) is 2. The van der Waals surface area contributed by atoms with Gasteiger partial charge in [0.15, 0.2) is 5.65 Å². The van der Waals surface area contributed by atoms with Crippen molar-refractivity contribution >= 4 is 17.1 Å². The van der Waals surface area contributed by atoms with Crippen molar-refractivity contribution in [3.8, 4) is 17.0 Å². The third-order valence-corrected chi connectivity index (χ3v) is 3.86. The smallest absolute Gasteiger partial charge is 0.217 e. The predicted molar refractivity (Wildman–Crippen MR) is 92.7 cm³/mol. The van der Waals surface area contributed by atoms with Crippen LogP contribution in [0.25, 0.3) is 22.4 Å². The van der Waals surface area contributed by atoms with Crippen LogP contribution in [0.15, 0.2) is 30.6 Å². The Morgan fingerprint density at radius 1 is 1.29 bits per heavy atom. The van der Waals surface area contributed by atoms with E-state index in [-0.39, 0.29) is 12.3 Å². The number of hydrogen-bond acceptors (Lipinski definition) is 4. The normalized spacial score (nSPS) is 10.9. The van der Waals surface area contributed by atoms with E-state index in [1.807, 2.05) is 32.0 Å². The Hall–Kier alpha value is -2.89. The summed E-state index contributed by atoms with van der Waals surface area (Å²) in [5.41, 5.74) is 10.6. The number of rotatable bonds is 6. The number of nitrogens with two attached hydrogens (primary N) is 1. The van der Waals surface area contributed by atoms with Crippen LogP contribution in [0.3, 0.4) is 0 Å². The number of amides is 1. The van der Waals surface area contributed by atoms with Crippen LogP contribution < -0.4 is 10.5 Å². The maximum atomic E-state index is 11.2. The molecule has 24 heavy (non-hydrogen) atoms. The highest BCUT2D eigenvalue weighted by molar-refractivity contribution is 5.87. The van der Waals surface area contributed by atoms with Crippen molar-refractivity contribution in [2.75, 3.05) is 6.61 Å². The predicted octanol–water partition coefficient (Wildman–Crippen LogP) is 2.75. The van der Waals surface area contributed by atoms with Crippen LogP contribution in [0.2, 0.25) is 0 Å². The number of carbonyl (C=O) groups is 1. The van der Waals surface area contributed by atoms with E-state index in [1.165, 1.54) is 0 Å². The fourth-order valence-corrected chi connectivity index (χ4v) is 2.80. The van der Waals surface area contributed by atoms with Crippen LogP contribution in [0.4, 0.5) is 0 Å². The van der Waals surface area contributed by atoms with E-state index in [9.17, 15) is 4.79 Å². The molecule has 0 bridgehead atoms. The first-order valence-corrected chi connectivity index (χ1v) is 7.93. The number of nitrogens with zero attached hydrogens (tertiary/aromatic N) is 2. The highest BCUT2D eigenvalue weighted by Crippen LogP contribution is 2.35.